The second-order valence-electron chi connectivity index (χ2n) is 3.60. The van der Waals surface area contributed by atoms with Crippen molar-refractivity contribution in [3.63, 3.8) is 0 Å². The van der Waals surface area contributed by atoms with E-state index in [4.69, 9.17) is 0 Å². The van der Waals surface area contributed by atoms with E-state index in [2.05, 4.69) is 43.6 Å². The highest BCUT2D eigenvalue weighted by molar-refractivity contribution is 14.1. The van der Waals surface area contributed by atoms with Crippen molar-refractivity contribution >= 4 is 33.5 Å². The van der Waals surface area contributed by atoms with Gasteiger partial charge in [-0.1, -0.05) is 18.2 Å². The molecule has 0 amide bonds. The van der Waals surface area contributed by atoms with E-state index < -0.39 is 0 Å². The lowest BCUT2D eigenvalue weighted by Gasteiger charge is -2.04. The van der Waals surface area contributed by atoms with Crippen LogP contribution in [0.5, 0.6) is 0 Å². The molecule has 0 atom stereocenters. The molecule has 3 aromatic rings. The highest BCUT2D eigenvalue weighted by atomic mass is 127. The Hall–Kier alpha value is -1.56. The first-order valence-corrected chi connectivity index (χ1v) is 6.24. The first kappa shape index (κ1) is 10.6. The fourth-order valence-electron chi connectivity index (χ4n) is 1.80. The van der Waals surface area contributed by atoms with Crippen molar-refractivity contribution in [3.8, 4) is 11.3 Å². The van der Waals surface area contributed by atoms with Crippen LogP contribution in [0, 0.1) is 3.70 Å². The molecule has 0 aliphatic heterocycles. The zero-order valence-corrected chi connectivity index (χ0v) is 11.0. The van der Waals surface area contributed by atoms with Gasteiger partial charge in [-0.3, -0.25) is 4.98 Å². The van der Waals surface area contributed by atoms with E-state index in [9.17, 15) is 0 Å². The van der Waals surface area contributed by atoms with Crippen LogP contribution < -0.4 is 0 Å². The lowest BCUT2D eigenvalue weighted by molar-refractivity contribution is 1.14. The molecule has 0 unspecified atom stereocenters. The molecule has 0 N–H and O–H groups in total. The summed E-state index contributed by atoms with van der Waals surface area (Å²) in [6, 6.07) is 12.0. The van der Waals surface area contributed by atoms with E-state index in [0.717, 1.165) is 25.9 Å². The number of para-hydroxylation sites is 1. The minimum Gasteiger partial charge on any atom is -0.256 e. The molecule has 3 rings (SSSR count). The largest absolute Gasteiger partial charge is 0.256 e. The number of fused-ring (bicyclic) bond motifs is 1. The third kappa shape index (κ3) is 2.00. The summed E-state index contributed by atoms with van der Waals surface area (Å²) in [5.74, 6) is 0. The van der Waals surface area contributed by atoms with Crippen LogP contribution in [0.4, 0.5) is 0 Å². The molecule has 17 heavy (non-hydrogen) atoms. The van der Waals surface area contributed by atoms with Gasteiger partial charge in [0.2, 0.25) is 0 Å². The normalized spacial score (nSPS) is 10.6. The topological polar surface area (TPSA) is 38.7 Å². The summed E-state index contributed by atoms with van der Waals surface area (Å²) >= 11 is 2.19. The van der Waals surface area contributed by atoms with Crippen LogP contribution >= 0.6 is 22.6 Å². The summed E-state index contributed by atoms with van der Waals surface area (Å²) in [5, 5.41) is 1.12. The van der Waals surface area contributed by atoms with Crippen molar-refractivity contribution in [3.05, 3.63) is 52.6 Å². The molecule has 0 saturated heterocycles. The summed E-state index contributed by atoms with van der Waals surface area (Å²) in [5.41, 5.74) is 3.01. The molecule has 0 fully saturated rings. The number of nitrogens with zero attached hydrogens (tertiary/aromatic N) is 3. The molecule has 82 valence electrons. The fourth-order valence-corrected chi connectivity index (χ4v) is 2.22. The predicted molar refractivity (Wildman–Crippen MR) is 75.5 cm³/mol. The van der Waals surface area contributed by atoms with Gasteiger partial charge in [0.1, 0.15) is 10.0 Å². The van der Waals surface area contributed by atoms with E-state index in [0.29, 0.717) is 0 Å². The maximum absolute atomic E-state index is 4.34. The maximum atomic E-state index is 4.34. The molecule has 0 aliphatic carbocycles. The fraction of sp³-hybridized carbons (Fsp3) is 0. The monoisotopic (exact) mass is 333 g/mol. The Morgan fingerprint density at radius 3 is 2.71 bits per heavy atom. The van der Waals surface area contributed by atoms with Gasteiger partial charge in [0, 0.05) is 17.1 Å². The highest BCUT2D eigenvalue weighted by Crippen LogP contribution is 2.25. The summed E-state index contributed by atoms with van der Waals surface area (Å²) in [6.45, 7) is 0. The van der Waals surface area contributed by atoms with Gasteiger partial charge in [-0.15, -0.1) is 0 Å². The zero-order valence-electron chi connectivity index (χ0n) is 8.84. The lowest BCUT2D eigenvalue weighted by atomic mass is 10.1. The van der Waals surface area contributed by atoms with Gasteiger partial charge < -0.3 is 0 Å². The predicted octanol–water partition coefficient (Wildman–Crippen LogP) is 3.30. The lowest BCUT2D eigenvalue weighted by Crippen LogP contribution is -1.89. The van der Waals surface area contributed by atoms with Crippen molar-refractivity contribution in [1.29, 1.82) is 0 Å². The maximum Gasteiger partial charge on any atom is 0.117 e. The van der Waals surface area contributed by atoms with Crippen LogP contribution in [0.2, 0.25) is 0 Å². The van der Waals surface area contributed by atoms with Crippen LogP contribution in [0.15, 0.2) is 48.9 Å². The van der Waals surface area contributed by atoms with Crippen molar-refractivity contribution in [2.45, 2.75) is 0 Å². The SMILES string of the molecule is Ic1cc(-c2ccnc3ccccc23)ncn1. The molecule has 0 saturated carbocycles. The molecular weight excluding hydrogens is 325 g/mol. The van der Waals surface area contributed by atoms with Gasteiger partial charge in [-0.05, 0) is 40.8 Å². The van der Waals surface area contributed by atoms with Crippen molar-refractivity contribution in [2.24, 2.45) is 0 Å². The Balaban J connectivity index is 2.30. The molecule has 3 nitrogen and oxygen atoms in total. The van der Waals surface area contributed by atoms with Crippen molar-refractivity contribution < 1.29 is 0 Å². The standard InChI is InChI=1S/C13H8IN3/c14-13-7-12(16-8-17-13)10-5-6-15-11-4-2-1-3-9(10)11/h1-8H. The summed E-state index contributed by atoms with van der Waals surface area (Å²) in [6.07, 6.45) is 3.40. The summed E-state index contributed by atoms with van der Waals surface area (Å²) in [4.78, 5) is 12.8. The first-order valence-electron chi connectivity index (χ1n) is 5.16. The zero-order chi connectivity index (χ0) is 11.7. The van der Waals surface area contributed by atoms with Crippen LogP contribution in [0.25, 0.3) is 22.2 Å². The van der Waals surface area contributed by atoms with E-state index in [1.54, 1.807) is 6.33 Å². The average molecular weight is 333 g/mol. The second-order valence-corrected chi connectivity index (χ2v) is 4.71. The van der Waals surface area contributed by atoms with Crippen molar-refractivity contribution in [2.75, 3.05) is 0 Å². The highest BCUT2D eigenvalue weighted by Gasteiger charge is 2.05. The number of hydrogen-bond acceptors (Lipinski definition) is 3. The Morgan fingerprint density at radius 2 is 1.82 bits per heavy atom. The summed E-state index contributed by atoms with van der Waals surface area (Å²) in [7, 11) is 0. The number of pyridine rings is 1. The first-order chi connectivity index (χ1) is 8.34. The molecule has 0 aliphatic rings. The number of benzene rings is 1. The molecule has 1 aromatic carbocycles. The Kier molecular flexibility index (Phi) is 2.72. The van der Waals surface area contributed by atoms with Gasteiger partial charge in [-0.25, -0.2) is 9.97 Å². The minimum absolute atomic E-state index is 0.933. The molecular formula is C13H8IN3. The quantitative estimate of drug-likeness (QED) is 0.507. The average Bonchev–Trinajstić information content (AvgIpc) is 2.38. The van der Waals surface area contributed by atoms with Crippen LogP contribution in [-0.4, -0.2) is 15.0 Å². The van der Waals surface area contributed by atoms with Crippen LogP contribution in [-0.2, 0) is 0 Å². The smallest absolute Gasteiger partial charge is 0.117 e. The number of hydrogen-bond donors (Lipinski definition) is 0. The number of halogens is 1. The molecule has 2 heterocycles. The third-order valence-electron chi connectivity index (χ3n) is 2.56. The molecule has 0 radical (unpaired) electrons. The Bertz CT molecular complexity index is 677. The Morgan fingerprint density at radius 1 is 0.941 bits per heavy atom. The minimum atomic E-state index is 0.933. The molecule has 0 bridgehead atoms. The van der Waals surface area contributed by atoms with E-state index in [1.807, 2.05) is 36.5 Å². The van der Waals surface area contributed by atoms with Gasteiger partial charge in [0.05, 0.1) is 11.2 Å². The van der Waals surface area contributed by atoms with Crippen LogP contribution in [0.3, 0.4) is 0 Å². The van der Waals surface area contributed by atoms with E-state index in [1.165, 1.54) is 0 Å². The van der Waals surface area contributed by atoms with Gasteiger partial charge in [0.25, 0.3) is 0 Å². The van der Waals surface area contributed by atoms with Crippen molar-refractivity contribution in [1.82, 2.24) is 15.0 Å². The molecule has 2 aromatic heterocycles. The molecule has 0 spiro atoms. The molecule has 4 heteroatoms. The summed E-state index contributed by atoms with van der Waals surface area (Å²) < 4.78 is 0.938. The number of aromatic nitrogens is 3. The third-order valence-corrected chi connectivity index (χ3v) is 3.15. The second kappa shape index (κ2) is 4.37. The Labute approximate surface area is 112 Å². The van der Waals surface area contributed by atoms with E-state index >= 15 is 0 Å². The van der Waals surface area contributed by atoms with Crippen LogP contribution in [0.1, 0.15) is 0 Å². The van der Waals surface area contributed by atoms with Gasteiger partial charge in [-0.2, -0.15) is 0 Å². The van der Waals surface area contributed by atoms with E-state index in [-0.39, 0.29) is 0 Å². The van der Waals surface area contributed by atoms with Gasteiger partial charge >= 0.3 is 0 Å². The number of rotatable bonds is 1. The van der Waals surface area contributed by atoms with Gasteiger partial charge in [0.15, 0.2) is 0 Å².